The van der Waals surface area contributed by atoms with Gasteiger partial charge in [0.1, 0.15) is 5.82 Å². The molecule has 0 radical (unpaired) electrons. The van der Waals surface area contributed by atoms with Crippen molar-refractivity contribution < 1.29 is 13.9 Å². The number of alkyl halides is 1. The number of methoxy groups -OCH3 is 2. The molecule has 1 rings (SSSR count). The van der Waals surface area contributed by atoms with Crippen molar-refractivity contribution in [1.82, 2.24) is 0 Å². The molecule has 0 fully saturated rings. The van der Waals surface area contributed by atoms with Crippen LogP contribution in [0.3, 0.4) is 0 Å². The van der Waals surface area contributed by atoms with E-state index in [0.29, 0.717) is 29.4 Å². The molecule has 1 aromatic carbocycles. The molecule has 0 bridgehead atoms. The lowest BCUT2D eigenvalue weighted by Gasteiger charge is -2.10. The fourth-order valence-electron chi connectivity index (χ4n) is 1.35. The van der Waals surface area contributed by atoms with Gasteiger partial charge in [-0.1, -0.05) is 0 Å². The van der Waals surface area contributed by atoms with Crippen molar-refractivity contribution in [2.75, 3.05) is 20.1 Å². The van der Waals surface area contributed by atoms with Crippen LogP contribution in [0.4, 0.5) is 4.39 Å². The van der Waals surface area contributed by atoms with E-state index in [4.69, 9.17) is 21.1 Å². The lowest BCUT2D eigenvalue weighted by molar-refractivity contribution is 0.351. The molecule has 0 amide bonds. The van der Waals surface area contributed by atoms with E-state index in [0.717, 1.165) is 6.42 Å². The number of hydrogen-bond donors (Lipinski definition) is 0. The van der Waals surface area contributed by atoms with Crippen LogP contribution in [0.1, 0.15) is 12.0 Å². The van der Waals surface area contributed by atoms with Crippen molar-refractivity contribution in [3.8, 4) is 11.5 Å². The fraction of sp³-hybridized carbons (Fsp3) is 0.455. The smallest absolute Gasteiger partial charge is 0.163 e. The first-order valence-electron chi connectivity index (χ1n) is 4.69. The van der Waals surface area contributed by atoms with Gasteiger partial charge < -0.3 is 9.47 Å². The molecule has 0 N–H and O–H groups in total. The second kappa shape index (κ2) is 5.81. The van der Waals surface area contributed by atoms with Crippen molar-refractivity contribution in [3.63, 3.8) is 0 Å². The van der Waals surface area contributed by atoms with Gasteiger partial charge in [0.15, 0.2) is 11.5 Å². The number of aryl methyl sites for hydroxylation is 1. The zero-order valence-electron chi connectivity index (χ0n) is 8.85. The third-order valence-electron chi connectivity index (χ3n) is 2.13. The van der Waals surface area contributed by atoms with Gasteiger partial charge in [-0.3, -0.25) is 0 Å². The second-order valence-electron chi connectivity index (χ2n) is 3.09. The Bertz CT molecular complexity index is 329. The first-order chi connectivity index (χ1) is 7.22. The maximum Gasteiger partial charge on any atom is 0.163 e. The van der Waals surface area contributed by atoms with Crippen molar-refractivity contribution in [1.29, 1.82) is 0 Å². The van der Waals surface area contributed by atoms with Gasteiger partial charge >= 0.3 is 0 Å². The van der Waals surface area contributed by atoms with Crippen LogP contribution in [0.25, 0.3) is 0 Å². The minimum Gasteiger partial charge on any atom is -0.493 e. The summed E-state index contributed by atoms with van der Waals surface area (Å²) in [5, 5.41) is 0. The topological polar surface area (TPSA) is 18.5 Å². The molecule has 4 heteroatoms. The van der Waals surface area contributed by atoms with E-state index in [1.807, 2.05) is 0 Å². The SMILES string of the molecule is COc1cc(F)c(CCCCl)cc1OC. The van der Waals surface area contributed by atoms with E-state index in [1.54, 1.807) is 6.07 Å². The molecule has 2 nitrogen and oxygen atoms in total. The number of halogens is 2. The van der Waals surface area contributed by atoms with E-state index >= 15 is 0 Å². The molecule has 0 unspecified atom stereocenters. The zero-order chi connectivity index (χ0) is 11.3. The minimum atomic E-state index is -0.280. The second-order valence-corrected chi connectivity index (χ2v) is 3.47. The molecule has 0 aliphatic rings. The molecule has 0 aromatic heterocycles. The zero-order valence-corrected chi connectivity index (χ0v) is 9.60. The van der Waals surface area contributed by atoms with E-state index in [9.17, 15) is 4.39 Å². The van der Waals surface area contributed by atoms with Crippen LogP contribution in [0.2, 0.25) is 0 Å². The average molecular weight is 233 g/mol. The molecule has 0 saturated carbocycles. The summed E-state index contributed by atoms with van der Waals surface area (Å²) >= 11 is 5.56. The van der Waals surface area contributed by atoms with Gasteiger partial charge in [-0.15, -0.1) is 11.6 Å². The molecule has 0 saturated heterocycles. The van der Waals surface area contributed by atoms with E-state index in [1.165, 1.54) is 20.3 Å². The molecule has 0 heterocycles. The Kier molecular flexibility index (Phi) is 4.69. The van der Waals surface area contributed by atoms with Gasteiger partial charge in [0.05, 0.1) is 14.2 Å². The highest BCUT2D eigenvalue weighted by Gasteiger charge is 2.10. The van der Waals surface area contributed by atoms with Gasteiger partial charge in [-0.25, -0.2) is 4.39 Å². The Morgan fingerprint density at radius 2 is 1.80 bits per heavy atom. The van der Waals surface area contributed by atoms with Gasteiger partial charge in [-0.05, 0) is 24.5 Å². The van der Waals surface area contributed by atoms with Crippen molar-refractivity contribution in [2.24, 2.45) is 0 Å². The Morgan fingerprint density at radius 3 is 2.33 bits per heavy atom. The van der Waals surface area contributed by atoms with Crippen LogP contribution in [0, 0.1) is 5.82 Å². The highest BCUT2D eigenvalue weighted by atomic mass is 35.5. The molecule has 84 valence electrons. The van der Waals surface area contributed by atoms with Crippen LogP contribution in [0.15, 0.2) is 12.1 Å². The Morgan fingerprint density at radius 1 is 1.20 bits per heavy atom. The molecular formula is C11H14ClFO2. The summed E-state index contributed by atoms with van der Waals surface area (Å²) < 4.78 is 23.6. The van der Waals surface area contributed by atoms with Crippen molar-refractivity contribution in [3.05, 3.63) is 23.5 Å². The molecule has 0 spiro atoms. The summed E-state index contributed by atoms with van der Waals surface area (Å²) in [6, 6.07) is 2.99. The third kappa shape index (κ3) is 2.99. The van der Waals surface area contributed by atoms with E-state index < -0.39 is 0 Å². The first kappa shape index (κ1) is 12.1. The van der Waals surface area contributed by atoms with Gasteiger partial charge in [0, 0.05) is 11.9 Å². The van der Waals surface area contributed by atoms with Crippen LogP contribution in [-0.2, 0) is 6.42 Å². The number of hydrogen-bond acceptors (Lipinski definition) is 2. The monoisotopic (exact) mass is 232 g/mol. The standard InChI is InChI=1S/C11H14ClFO2/c1-14-10-6-8(4-3-5-12)9(13)7-11(10)15-2/h6-7H,3-5H2,1-2H3. The highest BCUT2D eigenvalue weighted by Crippen LogP contribution is 2.30. The number of rotatable bonds is 5. The Labute approximate surface area is 94.0 Å². The lowest BCUT2D eigenvalue weighted by Crippen LogP contribution is -1.97. The summed E-state index contributed by atoms with van der Waals surface area (Å²) in [4.78, 5) is 0. The summed E-state index contributed by atoms with van der Waals surface area (Å²) in [5.74, 6) is 1.19. The number of benzene rings is 1. The van der Waals surface area contributed by atoms with Gasteiger partial charge in [0.2, 0.25) is 0 Å². The molecule has 1 aromatic rings. The Balaban J connectivity index is 2.97. The quantitative estimate of drug-likeness (QED) is 0.727. The van der Waals surface area contributed by atoms with Crippen LogP contribution >= 0.6 is 11.6 Å². The lowest BCUT2D eigenvalue weighted by atomic mass is 10.1. The molecule has 15 heavy (non-hydrogen) atoms. The Hall–Kier alpha value is -0.960. The van der Waals surface area contributed by atoms with Gasteiger partial charge in [0.25, 0.3) is 0 Å². The molecular weight excluding hydrogens is 219 g/mol. The maximum atomic E-state index is 13.5. The predicted octanol–water partition coefficient (Wildman–Crippen LogP) is 3.01. The van der Waals surface area contributed by atoms with Crippen LogP contribution in [-0.4, -0.2) is 20.1 Å². The predicted molar refractivity (Wildman–Crippen MR) is 58.5 cm³/mol. The first-order valence-corrected chi connectivity index (χ1v) is 5.22. The highest BCUT2D eigenvalue weighted by molar-refractivity contribution is 6.17. The molecule has 0 aliphatic carbocycles. The van der Waals surface area contributed by atoms with Crippen molar-refractivity contribution in [2.45, 2.75) is 12.8 Å². The van der Waals surface area contributed by atoms with E-state index in [-0.39, 0.29) is 5.82 Å². The summed E-state index contributed by atoms with van der Waals surface area (Å²) in [6.07, 6.45) is 1.35. The molecule has 0 aliphatic heterocycles. The van der Waals surface area contributed by atoms with E-state index in [2.05, 4.69) is 0 Å². The van der Waals surface area contributed by atoms with Gasteiger partial charge in [-0.2, -0.15) is 0 Å². The maximum absolute atomic E-state index is 13.5. The minimum absolute atomic E-state index is 0.280. The summed E-state index contributed by atoms with van der Waals surface area (Å²) in [6.45, 7) is 0. The largest absolute Gasteiger partial charge is 0.493 e. The van der Waals surface area contributed by atoms with Crippen LogP contribution < -0.4 is 9.47 Å². The normalized spacial score (nSPS) is 10.1. The van der Waals surface area contributed by atoms with Crippen molar-refractivity contribution >= 4 is 11.6 Å². The average Bonchev–Trinajstić information content (AvgIpc) is 2.27. The molecule has 0 atom stereocenters. The third-order valence-corrected chi connectivity index (χ3v) is 2.40. The number of ether oxygens (including phenoxy) is 2. The summed E-state index contributed by atoms with van der Waals surface area (Å²) in [5.41, 5.74) is 0.605. The fourth-order valence-corrected chi connectivity index (χ4v) is 1.48. The summed E-state index contributed by atoms with van der Waals surface area (Å²) in [7, 11) is 3.01. The van der Waals surface area contributed by atoms with Crippen LogP contribution in [0.5, 0.6) is 11.5 Å².